The highest BCUT2D eigenvalue weighted by Gasteiger charge is 2.34. The molecule has 6 heteroatoms. The Hall–Kier alpha value is -2.05. The van der Waals surface area contributed by atoms with Crippen molar-refractivity contribution in [2.75, 3.05) is 12.0 Å². The van der Waals surface area contributed by atoms with Gasteiger partial charge >= 0.3 is 0 Å². The van der Waals surface area contributed by atoms with Crippen molar-refractivity contribution in [2.24, 2.45) is 0 Å². The quantitative estimate of drug-likeness (QED) is 0.741. The van der Waals surface area contributed by atoms with Gasteiger partial charge in [0.1, 0.15) is 0 Å². The molecule has 2 aromatic carbocycles. The van der Waals surface area contributed by atoms with Crippen LogP contribution in [0.25, 0.3) is 6.08 Å². The SMILES string of the molecule is Cc1ccc(C=C2SC(=O)N(CNc3ccc(Br)cc3)C2=O)cc1. The summed E-state index contributed by atoms with van der Waals surface area (Å²) in [5.74, 6) is -0.268. The Labute approximate surface area is 153 Å². The summed E-state index contributed by atoms with van der Waals surface area (Å²) in [6.45, 7) is 2.16. The van der Waals surface area contributed by atoms with Gasteiger partial charge in [0.05, 0.1) is 11.6 Å². The molecule has 0 radical (unpaired) electrons. The number of anilines is 1. The third kappa shape index (κ3) is 3.88. The van der Waals surface area contributed by atoms with Crippen molar-refractivity contribution in [1.29, 1.82) is 0 Å². The summed E-state index contributed by atoms with van der Waals surface area (Å²) in [6.07, 6.45) is 1.75. The highest BCUT2D eigenvalue weighted by Crippen LogP contribution is 2.32. The molecule has 0 aliphatic carbocycles. The number of carbonyl (C=O) groups is 2. The summed E-state index contributed by atoms with van der Waals surface area (Å²) in [4.78, 5) is 26.2. The van der Waals surface area contributed by atoms with Crippen LogP contribution >= 0.6 is 27.7 Å². The van der Waals surface area contributed by atoms with E-state index < -0.39 is 0 Å². The molecule has 0 unspecified atom stereocenters. The summed E-state index contributed by atoms with van der Waals surface area (Å²) in [6, 6.07) is 15.4. The number of benzene rings is 2. The molecular weight excluding hydrogens is 388 g/mol. The van der Waals surface area contributed by atoms with Crippen molar-refractivity contribution < 1.29 is 9.59 Å². The zero-order chi connectivity index (χ0) is 17.1. The molecular formula is C18H15BrN2O2S. The minimum absolute atomic E-state index is 0.150. The maximum absolute atomic E-state index is 12.4. The van der Waals surface area contributed by atoms with Crippen LogP contribution < -0.4 is 5.32 Å². The van der Waals surface area contributed by atoms with Gasteiger partial charge in [0, 0.05) is 10.2 Å². The van der Waals surface area contributed by atoms with Crippen LogP contribution in [-0.2, 0) is 4.79 Å². The summed E-state index contributed by atoms with van der Waals surface area (Å²) in [5, 5.41) is 2.83. The Balaban J connectivity index is 1.69. The molecule has 1 saturated heterocycles. The highest BCUT2D eigenvalue weighted by atomic mass is 79.9. The van der Waals surface area contributed by atoms with Crippen molar-refractivity contribution in [3.63, 3.8) is 0 Å². The van der Waals surface area contributed by atoms with Gasteiger partial charge in [0.15, 0.2) is 0 Å². The molecule has 1 heterocycles. The molecule has 2 aromatic rings. The normalized spacial score (nSPS) is 16.1. The van der Waals surface area contributed by atoms with E-state index in [0.29, 0.717) is 4.91 Å². The molecule has 1 aliphatic rings. The molecule has 0 atom stereocenters. The topological polar surface area (TPSA) is 49.4 Å². The van der Waals surface area contributed by atoms with E-state index in [1.165, 1.54) is 4.90 Å². The molecule has 2 amide bonds. The maximum Gasteiger partial charge on any atom is 0.295 e. The van der Waals surface area contributed by atoms with Crippen molar-refractivity contribution >= 4 is 50.6 Å². The van der Waals surface area contributed by atoms with Crippen LogP contribution in [0.1, 0.15) is 11.1 Å². The Bertz CT molecular complexity index is 801. The number of hydrogen-bond acceptors (Lipinski definition) is 4. The maximum atomic E-state index is 12.4. The second-order valence-corrected chi connectivity index (χ2v) is 7.27. The Morgan fingerprint density at radius 1 is 1.08 bits per heavy atom. The first-order valence-corrected chi connectivity index (χ1v) is 8.95. The molecule has 0 saturated carbocycles. The zero-order valence-electron chi connectivity index (χ0n) is 13.0. The van der Waals surface area contributed by atoms with E-state index in [0.717, 1.165) is 33.0 Å². The van der Waals surface area contributed by atoms with Gasteiger partial charge in [0.2, 0.25) is 0 Å². The number of hydrogen-bond donors (Lipinski definition) is 1. The van der Waals surface area contributed by atoms with Crippen LogP contribution in [0.2, 0.25) is 0 Å². The van der Waals surface area contributed by atoms with Gasteiger partial charge in [-0.2, -0.15) is 0 Å². The minimum Gasteiger partial charge on any atom is -0.367 e. The first-order valence-electron chi connectivity index (χ1n) is 7.34. The van der Waals surface area contributed by atoms with Crippen molar-refractivity contribution in [3.8, 4) is 0 Å². The molecule has 122 valence electrons. The summed E-state index contributed by atoms with van der Waals surface area (Å²) >= 11 is 4.34. The summed E-state index contributed by atoms with van der Waals surface area (Å²) in [7, 11) is 0. The average molecular weight is 403 g/mol. The van der Waals surface area contributed by atoms with Crippen molar-refractivity contribution in [2.45, 2.75) is 6.92 Å². The molecule has 24 heavy (non-hydrogen) atoms. The van der Waals surface area contributed by atoms with Crippen molar-refractivity contribution in [1.82, 2.24) is 4.90 Å². The summed E-state index contributed by atoms with van der Waals surface area (Å²) < 4.78 is 0.972. The first kappa shape index (κ1) is 16.8. The third-order valence-corrected chi connectivity index (χ3v) is 4.97. The van der Waals surface area contributed by atoms with E-state index in [2.05, 4.69) is 21.2 Å². The van der Waals surface area contributed by atoms with E-state index in [-0.39, 0.29) is 17.8 Å². The number of thioether (sulfide) groups is 1. The van der Waals surface area contributed by atoms with Crippen LogP contribution in [0, 0.1) is 6.92 Å². The van der Waals surface area contributed by atoms with E-state index in [1.807, 2.05) is 55.5 Å². The lowest BCUT2D eigenvalue weighted by atomic mass is 10.1. The number of amides is 2. The van der Waals surface area contributed by atoms with E-state index in [1.54, 1.807) is 6.08 Å². The Morgan fingerprint density at radius 3 is 2.42 bits per heavy atom. The predicted octanol–water partition coefficient (Wildman–Crippen LogP) is 4.86. The van der Waals surface area contributed by atoms with Crippen LogP contribution in [0.5, 0.6) is 0 Å². The second kappa shape index (κ2) is 7.23. The van der Waals surface area contributed by atoms with Gasteiger partial charge in [-0.15, -0.1) is 0 Å². The fourth-order valence-corrected chi connectivity index (χ4v) is 3.29. The lowest BCUT2D eigenvalue weighted by molar-refractivity contribution is -0.122. The van der Waals surface area contributed by atoms with Gasteiger partial charge in [-0.05, 0) is 54.6 Å². The number of carbonyl (C=O) groups excluding carboxylic acids is 2. The number of halogens is 1. The molecule has 1 aliphatic heterocycles. The average Bonchev–Trinajstić information content (AvgIpc) is 2.83. The van der Waals surface area contributed by atoms with E-state index in [4.69, 9.17) is 0 Å². The molecule has 0 aromatic heterocycles. The third-order valence-electron chi connectivity index (χ3n) is 3.53. The fraction of sp³-hybridized carbons (Fsp3) is 0.111. The highest BCUT2D eigenvalue weighted by molar-refractivity contribution is 9.10. The number of rotatable bonds is 4. The van der Waals surface area contributed by atoms with Gasteiger partial charge in [-0.25, -0.2) is 0 Å². The lowest BCUT2D eigenvalue weighted by Crippen LogP contribution is -2.33. The number of imide groups is 1. The predicted molar refractivity (Wildman–Crippen MR) is 102 cm³/mol. The smallest absolute Gasteiger partial charge is 0.295 e. The first-order chi connectivity index (χ1) is 11.5. The summed E-state index contributed by atoms with van der Waals surface area (Å²) in [5.41, 5.74) is 2.91. The largest absolute Gasteiger partial charge is 0.367 e. The van der Waals surface area contributed by atoms with Gasteiger partial charge in [-0.3, -0.25) is 14.5 Å². The van der Waals surface area contributed by atoms with Crippen LogP contribution in [-0.4, -0.2) is 22.7 Å². The Kier molecular flexibility index (Phi) is 5.06. The van der Waals surface area contributed by atoms with E-state index >= 15 is 0 Å². The van der Waals surface area contributed by atoms with Gasteiger partial charge in [0.25, 0.3) is 11.1 Å². The molecule has 0 bridgehead atoms. The van der Waals surface area contributed by atoms with Crippen LogP contribution in [0.15, 0.2) is 57.9 Å². The van der Waals surface area contributed by atoms with Crippen LogP contribution in [0.4, 0.5) is 10.5 Å². The Morgan fingerprint density at radius 2 is 1.75 bits per heavy atom. The molecule has 1 N–H and O–H groups in total. The molecule has 0 spiro atoms. The molecule has 1 fully saturated rings. The fourth-order valence-electron chi connectivity index (χ4n) is 2.19. The zero-order valence-corrected chi connectivity index (χ0v) is 15.4. The number of aryl methyl sites for hydroxylation is 1. The molecule has 3 rings (SSSR count). The lowest BCUT2D eigenvalue weighted by Gasteiger charge is -2.14. The minimum atomic E-state index is -0.268. The van der Waals surface area contributed by atoms with Gasteiger partial charge < -0.3 is 5.32 Å². The molecule has 4 nitrogen and oxygen atoms in total. The van der Waals surface area contributed by atoms with Gasteiger partial charge in [-0.1, -0.05) is 45.8 Å². The van der Waals surface area contributed by atoms with E-state index in [9.17, 15) is 9.59 Å². The standard InChI is InChI=1S/C18H15BrN2O2S/c1-12-2-4-13(5-3-12)10-16-17(22)21(18(23)24-16)11-20-15-8-6-14(19)7-9-15/h2-10,20H,11H2,1H3. The van der Waals surface area contributed by atoms with Crippen LogP contribution in [0.3, 0.4) is 0 Å². The number of nitrogens with zero attached hydrogens (tertiary/aromatic N) is 1. The monoisotopic (exact) mass is 402 g/mol. The number of nitrogens with one attached hydrogen (secondary N) is 1. The second-order valence-electron chi connectivity index (χ2n) is 5.36. The van der Waals surface area contributed by atoms with Crippen molar-refractivity contribution in [3.05, 3.63) is 69.0 Å².